The summed E-state index contributed by atoms with van der Waals surface area (Å²) in [7, 11) is 0. The second-order valence-corrected chi connectivity index (χ2v) is 10.5. The van der Waals surface area contributed by atoms with E-state index in [1.807, 2.05) is 35.2 Å². The Labute approximate surface area is 207 Å². The molecule has 0 spiro atoms. The molecule has 3 aromatic rings. The van der Waals surface area contributed by atoms with E-state index in [0.29, 0.717) is 18.4 Å². The summed E-state index contributed by atoms with van der Waals surface area (Å²) >= 11 is 1.80. The maximum Gasteiger partial charge on any atom is 0.323 e. The molecule has 1 N–H and O–H groups in total. The molecule has 34 heavy (non-hydrogen) atoms. The van der Waals surface area contributed by atoms with E-state index in [1.54, 1.807) is 11.8 Å². The van der Waals surface area contributed by atoms with Gasteiger partial charge >= 0.3 is 6.03 Å². The summed E-state index contributed by atoms with van der Waals surface area (Å²) in [6, 6.07) is 24.6. The van der Waals surface area contributed by atoms with Gasteiger partial charge in [0.05, 0.1) is 0 Å². The van der Waals surface area contributed by atoms with E-state index in [9.17, 15) is 4.79 Å². The molecule has 4 rings (SSSR count). The van der Waals surface area contributed by atoms with Crippen molar-refractivity contribution < 1.29 is 9.53 Å². The third kappa shape index (κ3) is 5.58. The first-order chi connectivity index (χ1) is 16.4. The van der Waals surface area contributed by atoms with Crippen LogP contribution in [0.4, 0.5) is 10.5 Å². The average Bonchev–Trinajstić information content (AvgIpc) is 3.34. The number of hydrogen-bond donors (Lipinski definition) is 1. The number of amides is 2. The molecule has 0 saturated carbocycles. The Morgan fingerprint density at radius 3 is 2.21 bits per heavy atom. The van der Waals surface area contributed by atoms with Gasteiger partial charge in [0.25, 0.3) is 0 Å². The summed E-state index contributed by atoms with van der Waals surface area (Å²) in [6.45, 7) is 9.96. The van der Waals surface area contributed by atoms with Crippen LogP contribution in [0.25, 0.3) is 0 Å². The average molecular weight is 475 g/mol. The van der Waals surface area contributed by atoms with Crippen LogP contribution < -0.4 is 10.1 Å². The van der Waals surface area contributed by atoms with Crippen molar-refractivity contribution in [2.24, 2.45) is 0 Å². The number of nitrogens with zero attached hydrogens (tertiary/aromatic N) is 1. The van der Waals surface area contributed by atoms with E-state index in [0.717, 1.165) is 34.9 Å². The van der Waals surface area contributed by atoms with Crippen molar-refractivity contribution in [3.05, 3.63) is 95.1 Å². The van der Waals surface area contributed by atoms with Crippen molar-refractivity contribution in [3.8, 4) is 5.75 Å². The third-order valence-corrected chi connectivity index (χ3v) is 7.43. The zero-order valence-corrected chi connectivity index (χ0v) is 21.3. The molecule has 5 heteroatoms. The standard InChI is InChI=1S/C29H34N2O2S/c1-20(2)25-11-8-12-26(21(3)4)27(25)30-29(32)31-17-18-34-28(31)23-13-15-24(16-14-23)33-19-22-9-6-5-7-10-22/h5-16,20-21,28H,17-19H2,1-4H3,(H,30,32). The second kappa shape index (κ2) is 11.0. The van der Waals surface area contributed by atoms with Crippen LogP contribution in [0.3, 0.4) is 0 Å². The molecule has 1 atom stereocenters. The van der Waals surface area contributed by atoms with Gasteiger partial charge in [-0.3, -0.25) is 0 Å². The molecule has 1 aliphatic rings. The third-order valence-electron chi connectivity index (χ3n) is 6.17. The normalized spacial score (nSPS) is 15.7. The topological polar surface area (TPSA) is 41.6 Å². The SMILES string of the molecule is CC(C)c1cccc(C(C)C)c1NC(=O)N1CCSC1c1ccc(OCc2ccccc2)cc1. The van der Waals surface area contributed by atoms with Crippen LogP contribution in [-0.2, 0) is 6.61 Å². The molecule has 4 nitrogen and oxygen atoms in total. The maximum absolute atomic E-state index is 13.5. The quantitative estimate of drug-likeness (QED) is 0.380. The molecule has 1 aliphatic heterocycles. The molecule has 0 aromatic heterocycles. The summed E-state index contributed by atoms with van der Waals surface area (Å²) in [6.07, 6.45) is 0. The van der Waals surface area contributed by atoms with Gasteiger partial charge in [-0.25, -0.2) is 4.79 Å². The van der Waals surface area contributed by atoms with Gasteiger partial charge in [-0.2, -0.15) is 0 Å². The number of benzene rings is 3. The fourth-order valence-corrected chi connectivity index (χ4v) is 5.55. The molecule has 1 unspecified atom stereocenters. The second-order valence-electron chi connectivity index (χ2n) is 9.31. The summed E-state index contributed by atoms with van der Waals surface area (Å²) in [5.74, 6) is 2.43. The molecule has 0 aliphatic carbocycles. The molecule has 1 fully saturated rings. The monoisotopic (exact) mass is 474 g/mol. The number of carbonyl (C=O) groups is 1. The van der Waals surface area contributed by atoms with E-state index in [2.05, 4.69) is 75.5 Å². The van der Waals surface area contributed by atoms with Gasteiger partial charge in [0.2, 0.25) is 0 Å². The Balaban J connectivity index is 1.47. The molecule has 2 amide bonds. The fraction of sp³-hybridized carbons (Fsp3) is 0.345. The minimum atomic E-state index is -0.0330. The van der Waals surface area contributed by atoms with Crippen molar-refractivity contribution in [2.75, 3.05) is 17.6 Å². The van der Waals surface area contributed by atoms with Crippen LogP contribution >= 0.6 is 11.8 Å². The predicted molar refractivity (Wildman–Crippen MR) is 143 cm³/mol. The summed E-state index contributed by atoms with van der Waals surface area (Å²) < 4.78 is 5.93. The number of nitrogens with one attached hydrogen (secondary N) is 1. The highest BCUT2D eigenvalue weighted by atomic mass is 32.2. The Morgan fingerprint density at radius 1 is 0.941 bits per heavy atom. The predicted octanol–water partition coefficient (Wildman–Crippen LogP) is 7.79. The van der Waals surface area contributed by atoms with Crippen LogP contribution in [0.1, 0.15) is 67.2 Å². The first kappa shape index (κ1) is 24.2. The fourth-order valence-electron chi connectivity index (χ4n) is 4.30. The van der Waals surface area contributed by atoms with Crippen LogP contribution in [0, 0.1) is 0 Å². The lowest BCUT2D eigenvalue weighted by Gasteiger charge is -2.27. The Hall–Kier alpha value is -2.92. The number of ether oxygens (including phenoxy) is 1. The first-order valence-corrected chi connectivity index (χ1v) is 13.1. The molecule has 178 valence electrons. The lowest BCUT2D eigenvalue weighted by molar-refractivity contribution is 0.214. The van der Waals surface area contributed by atoms with E-state index >= 15 is 0 Å². The van der Waals surface area contributed by atoms with Crippen molar-refractivity contribution in [1.29, 1.82) is 0 Å². The van der Waals surface area contributed by atoms with E-state index in [4.69, 9.17) is 4.74 Å². The van der Waals surface area contributed by atoms with Crippen molar-refractivity contribution >= 4 is 23.5 Å². The van der Waals surface area contributed by atoms with Crippen molar-refractivity contribution in [2.45, 2.75) is 51.5 Å². The number of rotatable bonds is 7. The van der Waals surface area contributed by atoms with Gasteiger partial charge in [-0.1, -0.05) is 88.4 Å². The van der Waals surface area contributed by atoms with Gasteiger partial charge in [0, 0.05) is 18.0 Å². The van der Waals surface area contributed by atoms with E-state index in [1.165, 1.54) is 11.1 Å². The van der Waals surface area contributed by atoms with Gasteiger partial charge in [0.15, 0.2) is 0 Å². The lowest BCUT2D eigenvalue weighted by atomic mass is 9.93. The summed E-state index contributed by atoms with van der Waals surface area (Å²) in [5.41, 5.74) is 5.60. The first-order valence-electron chi connectivity index (χ1n) is 12.0. The molecule has 0 radical (unpaired) electrons. The minimum absolute atomic E-state index is 0.00288. The van der Waals surface area contributed by atoms with Gasteiger partial charge in [-0.15, -0.1) is 11.8 Å². The zero-order valence-electron chi connectivity index (χ0n) is 20.5. The Morgan fingerprint density at radius 2 is 1.59 bits per heavy atom. The van der Waals surface area contributed by atoms with Gasteiger partial charge in [0.1, 0.15) is 17.7 Å². The lowest BCUT2D eigenvalue weighted by Crippen LogP contribution is -2.35. The number of para-hydroxylation sites is 1. The number of hydrogen-bond acceptors (Lipinski definition) is 3. The summed E-state index contributed by atoms with van der Waals surface area (Å²) in [5, 5.41) is 3.28. The Kier molecular flexibility index (Phi) is 7.84. The maximum atomic E-state index is 13.5. The minimum Gasteiger partial charge on any atom is -0.489 e. The van der Waals surface area contributed by atoms with Gasteiger partial charge in [-0.05, 0) is 46.2 Å². The molecular weight excluding hydrogens is 440 g/mol. The smallest absolute Gasteiger partial charge is 0.323 e. The molecule has 3 aromatic carbocycles. The highest BCUT2D eigenvalue weighted by molar-refractivity contribution is 7.99. The van der Waals surface area contributed by atoms with Crippen LogP contribution in [0.2, 0.25) is 0 Å². The van der Waals surface area contributed by atoms with Crippen LogP contribution in [0.15, 0.2) is 72.8 Å². The van der Waals surface area contributed by atoms with Crippen molar-refractivity contribution in [1.82, 2.24) is 4.90 Å². The molecule has 0 bridgehead atoms. The zero-order chi connectivity index (χ0) is 24.1. The number of thioether (sulfide) groups is 1. The molecular formula is C29H34N2O2S. The highest BCUT2D eigenvalue weighted by Gasteiger charge is 2.31. The largest absolute Gasteiger partial charge is 0.489 e. The summed E-state index contributed by atoms with van der Waals surface area (Å²) in [4.78, 5) is 15.4. The molecule has 1 saturated heterocycles. The van der Waals surface area contributed by atoms with Crippen molar-refractivity contribution in [3.63, 3.8) is 0 Å². The highest BCUT2D eigenvalue weighted by Crippen LogP contribution is 2.40. The van der Waals surface area contributed by atoms with Crippen LogP contribution in [0.5, 0.6) is 5.75 Å². The van der Waals surface area contributed by atoms with E-state index < -0.39 is 0 Å². The molecule has 1 heterocycles. The number of anilines is 1. The van der Waals surface area contributed by atoms with Crippen LogP contribution in [-0.4, -0.2) is 23.2 Å². The Bertz CT molecular complexity index is 1070. The number of urea groups is 1. The number of carbonyl (C=O) groups excluding carboxylic acids is 1. The van der Waals surface area contributed by atoms with Gasteiger partial charge < -0.3 is 15.0 Å². The van der Waals surface area contributed by atoms with E-state index in [-0.39, 0.29) is 11.4 Å².